The first-order chi connectivity index (χ1) is 7.86. The second-order valence-corrected chi connectivity index (χ2v) is 4.62. The van der Waals surface area contributed by atoms with Crippen LogP contribution in [0.1, 0.15) is 18.4 Å². The van der Waals surface area contributed by atoms with Gasteiger partial charge in [0, 0.05) is 5.41 Å². The van der Waals surface area contributed by atoms with Gasteiger partial charge in [-0.25, -0.2) is 5.90 Å². The van der Waals surface area contributed by atoms with Crippen molar-refractivity contribution >= 4 is 10.8 Å². The van der Waals surface area contributed by atoms with E-state index in [1.165, 1.54) is 29.2 Å². The Kier molecular flexibility index (Phi) is 2.20. The third-order valence-electron chi connectivity index (χ3n) is 3.57. The van der Waals surface area contributed by atoms with Crippen molar-refractivity contribution in [1.82, 2.24) is 0 Å². The molecule has 2 nitrogen and oxygen atoms in total. The summed E-state index contributed by atoms with van der Waals surface area (Å²) in [6.07, 6.45) is 2.36. The summed E-state index contributed by atoms with van der Waals surface area (Å²) < 4.78 is 0. The largest absolute Gasteiger partial charge is 0.304 e. The lowest BCUT2D eigenvalue weighted by atomic mass is 9.91. The average Bonchev–Trinajstić information content (AvgIpc) is 3.10. The van der Waals surface area contributed by atoms with Crippen LogP contribution in [0.4, 0.5) is 0 Å². The number of nitrogens with two attached hydrogens (primary N) is 1. The van der Waals surface area contributed by atoms with Crippen molar-refractivity contribution in [2.45, 2.75) is 18.3 Å². The lowest BCUT2D eigenvalue weighted by molar-refractivity contribution is 0.116. The summed E-state index contributed by atoms with van der Waals surface area (Å²) in [5.41, 5.74) is 1.56. The van der Waals surface area contributed by atoms with Crippen molar-refractivity contribution in [1.29, 1.82) is 0 Å². The minimum Gasteiger partial charge on any atom is -0.304 e. The summed E-state index contributed by atoms with van der Waals surface area (Å²) in [7, 11) is 0. The van der Waals surface area contributed by atoms with E-state index < -0.39 is 0 Å². The van der Waals surface area contributed by atoms with E-state index in [0.717, 1.165) is 0 Å². The van der Waals surface area contributed by atoms with E-state index in [-0.39, 0.29) is 5.41 Å². The number of benzene rings is 2. The molecule has 0 spiro atoms. The van der Waals surface area contributed by atoms with Crippen molar-refractivity contribution < 1.29 is 4.84 Å². The maximum Gasteiger partial charge on any atom is 0.0776 e. The van der Waals surface area contributed by atoms with Crippen molar-refractivity contribution in [2.75, 3.05) is 6.61 Å². The Morgan fingerprint density at radius 3 is 2.56 bits per heavy atom. The molecule has 0 heterocycles. The summed E-state index contributed by atoms with van der Waals surface area (Å²) in [5.74, 6) is 5.24. The van der Waals surface area contributed by atoms with Crippen LogP contribution in [0.2, 0.25) is 0 Å². The molecule has 3 rings (SSSR count). The highest BCUT2D eigenvalue weighted by molar-refractivity contribution is 5.87. The molecule has 1 fully saturated rings. The molecule has 82 valence electrons. The predicted molar refractivity (Wildman–Crippen MR) is 65.0 cm³/mol. The van der Waals surface area contributed by atoms with Crippen molar-refractivity contribution in [2.24, 2.45) is 5.90 Å². The molecule has 0 atom stereocenters. The number of rotatable bonds is 3. The SMILES string of the molecule is NOCC1(c2cccc3ccccc23)CC1. The van der Waals surface area contributed by atoms with E-state index >= 15 is 0 Å². The third kappa shape index (κ3) is 1.42. The fraction of sp³-hybridized carbons (Fsp3) is 0.286. The number of hydrogen-bond acceptors (Lipinski definition) is 2. The fourth-order valence-electron chi connectivity index (χ4n) is 2.49. The van der Waals surface area contributed by atoms with Crippen LogP contribution in [0, 0.1) is 0 Å². The summed E-state index contributed by atoms with van der Waals surface area (Å²) in [6.45, 7) is 0.626. The smallest absolute Gasteiger partial charge is 0.0776 e. The minimum atomic E-state index is 0.176. The molecule has 0 aliphatic heterocycles. The molecule has 2 N–H and O–H groups in total. The van der Waals surface area contributed by atoms with Crippen molar-refractivity contribution in [3.63, 3.8) is 0 Å². The molecule has 1 aliphatic carbocycles. The van der Waals surface area contributed by atoms with E-state index in [1.807, 2.05) is 0 Å². The third-order valence-corrected chi connectivity index (χ3v) is 3.57. The van der Waals surface area contributed by atoms with Gasteiger partial charge in [-0.15, -0.1) is 0 Å². The highest BCUT2D eigenvalue weighted by Gasteiger charge is 2.45. The molecule has 0 aromatic heterocycles. The zero-order valence-electron chi connectivity index (χ0n) is 9.15. The molecule has 0 amide bonds. The van der Waals surface area contributed by atoms with Gasteiger partial charge in [0.15, 0.2) is 0 Å². The van der Waals surface area contributed by atoms with Crippen LogP contribution < -0.4 is 5.90 Å². The van der Waals surface area contributed by atoms with Crippen LogP contribution in [-0.4, -0.2) is 6.61 Å². The van der Waals surface area contributed by atoms with E-state index in [4.69, 9.17) is 10.7 Å². The van der Waals surface area contributed by atoms with Gasteiger partial charge < -0.3 is 4.84 Å². The molecular formula is C14H15NO. The number of fused-ring (bicyclic) bond motifs is 1. The highest BCUT2D eigenvalue weighted by Crippen LogP contribution is 2.50. The highest BCUT2D eigenvalue weighted by atomic mass is 16.6. The van der Waals surface area contributed by atoms with Gasteiger partial charge in [0.2, 0.25) is 0 Å². The monoisotopic (exact) mass is 213 g/mol. The van der Waals surface area contributed by atoms with Gasteiger partial charge in [-0.05, 0) is 29.2 Å². The van der Waals surface area contributed by atoms with Gasteiger partial charge in [0.25, 0.3) is 0 Å². The molecule has 1 aliphatic rings. The van der Waals surface area contributed by atoms with Gasteiger partial charge in [-0.1, -0.05) is 42.5 Å². The maximum atomic E-state index is 5.24. The van der Waals surface area contributed by atoms with Gasteiger partial charge in [0.05, 0.1) is 6.61 Å². The van der Waals surface area contributed by atoms with Gasteiger partial charge in [-0.2, -0.15) is 0 Å². The molecule has 2 aromatic rings. The standard InChI is InChI=1S/C14H15NO/c15-16-10-14(8-9-14)13-7-3-5-11-4-1-2-6-12(11)13/h1-7H,8-10,15H2. The fourth-order valence-corrected chi connectivity index (χ4v) is 2.49. The first-order valence-corrected chi connectivity index (χ1v) is 5.66. The normalized spacial score (nSPS) is 17.6. The second-order valence-electron chi connectivity index (χ2n) is 4.62. The molecule has 1 saturated carbocycles. The Hall–Kier alpha value is -1.38. The zero-order chi connectivity index (χ0) is 11.0. The molecule has 0 saturated heterocycles. The van der Waals surface area contributed by atoms with E-state index in [1.54, 1.807) is 0 Å². The first-order valence-electron chi connectivity index (χ1n) is 5.66. The molecule has 16 heavy (non-hydrogen) atoms. The van der Waals surface area contributed by atoms with Gasteiger partial charge in [-0.3, -0.25) is 0 Å². The molecule has 0 unspecified atom stereocenters. The van der Waals surface area contributed by atoms with Crippen LogP contribution in [0.5, 0.6) is 0 Å². The van der Waals surface area contributed by atoms with Crippen LogP contribution in [0.15, 0.2) is 42.5 Å². The van der Waals surface area contributed by atoms with Crippen LogP contribution in [-0.2, 0) is 10.3 Å². The molecule has 2 heteroatoms. The second kappa shape index (κ2) is 3.58. The number of hydrogen-bond donors (Lipinski definition) is 1. The summed E-state index contributed by atoms with van der Waals surface area (Å²) in [6, 6.07) is 15.0. The quantitative estimate of drug-likeness (QED) is 0.796. The van der Waals surface area contributed by atoms with Crippen molar-refractivity contribution in [3.8, 4) is 0 Å². The summed E-state index contributed by atoms with van der Waals surface area (Å²) >= 11 is 0. The van der Waals surface area contributed by atoms with E-state index in [9.17, 15) is 0 Å². The summed E-state index contributed by atoms with van der Waals surface area (Å²) in [5, 5.41) is 2.63. The summed E-state index contributed by atoms with van der Waals surface area (Å²) in [4.78, 5) is 4.87. The average molecular weight is 213 g/mol. The predicted octanol–water partition coefficient (Wildman–Crippen LogP) is 2.76. The Morgan fingerprint density at radius 1 is 1.06 bits per heavy atom. The minimum absolute atomic E-state index is 0.176. The Labute approximate surface area is 95.0 Å². The van der Waals surface area contributed by atoms with Gasteiger partial charge >= 0.3 is 0 Å². The molecule has 2 aromatic carbocycles. The van der Waals surface area contributed by atoms with Gasteiger partial charge in [0.1, 0.15) is 0 Å². The lowest BCUT2D eigenvalue weighted by Gasteiger charge is -2.16. The van der Waals surface area contributed by atoms with Crippen molar-refractivity contribution in [3.05, 3.63) is 48.0 Å². The Balaban J connectivity index is 2.17. The Bertz CT molecular complexity index is 512. The maximum absolute atomic E-state index is 5.24. The van der Waals surface area contributed by atoms with E-state index in [0.29, 0.717) is 6.61 Å². The molecule has 0 radical (unpaired) electrons. The van der Waals surface area contributed by atoms with Crippen LogP contribution >= 0.6 is 0 Å². The molecule has 0 bridgehead atoms. The lowest BCUT2D eigenvalue weighted by Crippen LogP contribution is -2.18. The Morgan fingerprint density at radius 2 is 1.81 bits per heavy atom. The van der Waals surface area contributed by atoms with E-state index in [2.05, 4.69) is 42.5 Å². The topological polar surface area (TPSA) is 35.2 Å². The molecular weight excluding hydrogens is 198 g/mol. The zero-order valence-corrected chi connectivity index (χ0v) is 9.15. The van der Waals surface area contributed by atoms with Crippen LogP contribution in [0.25, 0.3) is 10.8 Å². The van der Waals surface area contributed by atoms with Crippen LogP contribution in [0.3, 0.4) is 0 Å². The first kappa shape index (κ1) is 9.82.